The van der Waals surface area contributed by atoms with Gasteiger partial charge in [0.2, 0.25) is 0 Å². The molecule has 0 bridgehead atoms. The van der Waals surface area contributed by atoms with Crippen molar-refractivity contribution in [1.29, 1.82) is 0 Å². The zero-order valence-corrected chi connectivity index (χ0v) is 9.25. The molecule has 3 N–H and O–H groups in total. The van der Waals surface area contributed by atoms with Crippen LogP contribution in [0.4, 0.5) is 8.78 Å². The molecule has 0 aliphatic heterocycles. The number of halogens is 2. The fraction of sp³-hybridized carbons (Fsp3) is 0.417. The lowest BCUT2D eigenvalue weighted by molar-refractivity contribution is 0.0933. The Kier molecular flexibility index (Phi) is 3.38. The van der Waals surface area contributed by atoms with Gasteiger partial charge >= 0.3 is 0 Å². The van der Waals surface area contributed by atoms with Gasteiger partial charge in [-0.1, -0.05) is 0 Å². The van der Waals surface area contributed by atoms with Gasteiger partial charge < -0.3 is 11.1 Å². The largest absolute Gasteiger partial charge is 0.348 e. The Labute approximate surface area is 98.0 Å². The number of hydrogen-bond donors (Lipinski definition) is 2. The van der Waals surface area contributed by atoms with Crippen molar-refractivity contribution >= 4 is 5.91 Å². The van der Waals surface area contributed by atoms with Crippen molar-refractivity contribution in [3.63, 3.8) is 0 Å². The maximum Gasteiger partial charge on any atom is 0.251 e. The fourth-order valence-electron chi connectivity index (χ4n) is 1.76. The first-order valence-electron chi connectivity index (χ1n) is 5.58. The minimum Gasteiger partial charge on any atom is -0.348 e. The van der Waals surface area contributed by atoms with Gasteiger partial charge in [0.1, 0.15) is 0 Å². The van der Waals surface area contributed by atoms with Crippen molar-refractivity contribution in [1.82, 2.24) is 5.32 Å². The molecule has 1 saturated carbocycles. The van der Waals surface area contributed by atoms with Gasteiger partial charge in [-0.2, -0.15) is 0 Å². The molecular formula is C12H14F2N2O. The van der Waals surface area contributed by atoms with E-state index in [0.29, 0.717) is 12.5 Å². The summed E-state index contributed by atoms with van der Waals surface area (Å²) in [5.74, 6) is -1.96. The van der Waals surface area contributed by atoms with Crippen molar-refractivity contribution < 1.29 is 13.6 Å². The van der Waals surface area contributed by atoms with Crippen molar-refractivity contribution in [2.45, 2.75) is 18.9 Å². The van der Waals surface area contributed by atoms with Gasteiger partial charge in [0, 0.05) is 18.2 Å². The van der Waals surface area contributed by atoms with Crippen LogP contribution in [0.5, 0.6) is 0 Å². The first-order chi connectivity index (χ1) is 8.11. The molecule has 1 aliphatic carbocycles. The van der Waals surface area contributed by atoms with E-state index in [1.54, 1.807) is 0 Å². The van der Waals surface area contributed by atoms with E-state index in [-0.39, 0.29) is 11.6 Å². The molecule has 1 aromatic rings. The third kappa shape index (κ3) is 2.79. The molecule has 92 valence electrons. The van der Waals surface area contributed by atoms with E-state index >= 15 is 0 Å². The standard InChI is InChI=1S/C12H14F2N2O/c13-9-4-3-8(5-10(9)14)12(17)16-11(6-15)7-1-2-7/h3-5,7,11H,1-2,6,15H2,(H,16,17). The Hall–Kier alpha value is -1.49. The van der Waals surface area contributed by atoms with E-state index in [0.717, 1.165) is 25.0 Å². The molecule has 1 atom stereocenters. The minimum absolute atomic E-state index is 0.0735. The summed E-state index contributed by atoms with van der Waals surface area (Å²) >= 11 is 0. The summed E-state index contributed by atoms with van der Waals surface area (Å²) in [6.45, 7) is 0.361. The molecular weight excluding hydrogens is 226 g/mol. The SMILES string of the molecule is NCC(NC(=O)c1ccc(F)c(F)c1)C1CC1. The molecule has 1 fully saturated rings. The molecule has 17 heavy (non-hydrogen) atoms. The molecule has 5 heteroatoms. The van der Waals surface area contributed by atoms with E-state index in [1.807, 2.05) is 0 Å². The van der Waals surface area contributed by atoms with Gasteiger partial charge in [-0.25, -0.2) is 8.78 Å². The van der Waals surface area contributed by atoms with Gasteiger partial charge in [0.15, 0.2) is 11.6 Å². The number of nitrogens with one attached hydrogen (secondary N) is 1. The summed E-state index contributed by atoms with van der Waals surface area (Å²) in [5, 5.41) is 2.74. The Morgan fingerprint density at radius 1 is 1.41 bits per heavy atom. The molecule has 0 radical (unpaired) electrons. The summed E-state index contributed by atoms with van der Waals surface area (Å²) in [7, 11) is 0. The van der Waals surface area contributed by atoms with Crippen LogP contribution in [-0.4, -0.2) is 18.5 Å². The predicted molar refractivity (Wildman–Crippen MR) is 59.4 cm³/mol. The second-order valence-electron chi connectivity index (χ2n) is 4.28. The van der Waals surface area contributed by atoms with E-state index in [2.05, 4.69) is 5.32 Å². The predicted octanol–water partition coefficient (Wildman–Crippen LogP) is 1.43. The van der Waals surface area contributed by atoms with Gasteiger partial charge in [0.25, 0.3) is 5.91 Å². The number of carbonyl (C=O) groups is 1. The molecule has 1 unspecified atom stereocenters. The first-order valence-corrected chi connectivity index (χ1v) is 5.58. The van der Waals surface area contributed by atoms with E-state index in [9.17, 15) is 13.6 Å². The van der Waals surface area contributed by atoms with Gasteiger partial charge in [-0.3, -0.25) is 4.79 Å². The average molecular weight is 240 g/mol. The summed E-state index contributed by atoms with van der Waals surface area (Å²) in [5.41, 5.74) is 5.66. The van der Waals surface area contributed by atoms with Crippen molar-refractivity contribution in [2.24, 2.45) is 11.7 Å². The molecule has 1 amide bonds. The van der Waals surface area contributed by atoms with Crippen molar-refractivity contribution in [2.75, 3.05) is 6.54 Å². The number of rotatable bonds is 4. The highest BCUT2D eigenvalue weighted by Crippen LogP contribution is 2.32. The highest BCUT2D eigenvalue weighted by molar-refractivity contribution is 5.94. The van der Waals surface area contributed by atoms with Gasteiger partial charge in [-0.15, -0.1) is 0 Å². The summed E-state index contributed by atoms with van der Waals surface area (Å²) in [6, 6.07) is 3.02. The van der Waals surface area contributed by atoms with Crippen LogP contribution in [0.1, 0.15) is 23.2 Å². The fourth-order valence-corrected chi connectivity index (χ4v) is 1.76. The van der Waals surface area contributed by atoms with Gasteiger partial charge in [0.05, 0.1) is 0 Å². The Bertz CT molecular complexity index is 433. The zero-order valence-electron chi connectivity index (χ0n) is 9.25. The van der Waals surface area contributed by atoms with Crippen LogP contribution in [0.25, 0.3) is 0 Å². The van der Waals surface area contributed by atoms with Crippen LogP contribution in [0.15, 0.2) is 18.2 Å². The summed E-state index contributed by atoms with van der Waals surface area (Å²) < 4.78 is 25.7. The second kappa shape index (κ2) is 4.79. The normalized spacial score (nSPS) is 16.6. The van der Waals surface area contributed by atoms with Crippen LogP contribution < -0.4 is 11.1 Å². The van der Waals surface area contributed by atoms with Crippen LogP contribution in [0, 0.1) is 17.6 Å². The first kappa shape index (κ1) is 12.0. The molecule has 0 heterocycles. The minimum atomic E-state index is -1.02. The number of nitrogens with two attached hydrogens (primary N) is 1. The van der Waals surface area contributed by atoms with Crippen molar-refractivity contribution in [3.8, 4) is 0 Å². The van der Waals surface area contributed by atoms with Crippen LogP contribution in [-0.2, 0) is 0 Å². The van der Waals surface area contributed by atoms with Crippen LogP contribution in [0.3, 0.4) is 0 Å². The van der Waals surface area contributed by atoms with Crippen molar-refractivity contribution in [3.05, 3.63) is 35.4 Å². The highest BCUT2D eigenvalue weighted by atomic mass is 19.2. The van der Waals surface area contributed by atoms with Crippen LogP contribution in [0.2, 0.25) is 0 Å². The highest BCUT2D eigenvalue weighted by Gasteiger charge is 2.31. The number of carbonyl (C=O) groups excluding carboxylic acids is 1. The molecule has 0 aromatic heterocycles. The molecule has 1 aromatic carbocycles. The number of benzene rings is 1. The average Bonchev–Trinajstić information content (AvgIpc) is 3.13. The third-order valence-corrected chi connectivity index (χ3v) is 2.94. The maximum absolute atomic E-state index is 13.0. The Morgan fingerprint density at radius 3 is 2.65 bits per heavy atom. The molecule has 1 aliphatic rings. The summed E-state index contributed by atoms with van der Waals surface area (Å²) in [4.78, 5) is 11.8. The van der Waals surface area contributed by atoms with Gasteiger partial charge in [-0.05, 0) is 37.0 Å². The maximum atomic E-state index is 13.0. The third-order valence-electron chi connectivity index (χ3n) is 2.94. The lowest BCUT2D eigenvalue weighted by Crippen LogP contribution is -2.41. The quantitative estimate of drug-likeness (QED) is 0.836. The van der Waals surface area contributed by atoms with E-state index in [1.165, 1.54) is 6.07 Å². The van der Waals surface area contributed by atoms with Crippen LogP contribution >= 0.6 is 0 Å². The lowest BCUT2D eigenvalue weighted by atomic mass is 10.1. The number of hydrogen-bond acceptors (Lipinski definition) is 2. The Balaban J connectivity index is 2.05. The topological polar surface area (TPSA) is 55.1 Å². The number of amides is 1. The van der Waals surface area contributed by atoms with E-state index in [4.69, 9.17) is 5.73 Å². The monoisotopic (exact) mass is 240 g/mol. The van der Waals surface area contributed by atoms with E-state index < -0.39 is 17.5 Å². The summed E-state index contributed by atoms with van der Waals surface area (Å²) in [6.07, 6.45) is 2.11. The smallest absolute Gasteiger partial charge is 0.251 e. The Morgan fingerprint density at radius 2 is 2.12 bits per heavy atom. The molecule has 0 saturated heterocycles. The lowest BCUT2D eigenvalue weighted by Gasteiger charge is -2.15. The second-order valence-corrected chi connectivity index (χ2v) is 4.28. The molecule has 0 spiro atoms. The zero-order chi connectivity index (χ0) is 12.4. The molecule has 2 rings (SSSR count). The molecule has 3 nitrogen and oxygen atoms in total.